The molecule has 3 aromatic rings. The van der Waals surface area contributed by atoms with Crippen molar-refractivity contribution in [2.45, 2.75) is 39.3 Å². The summed E-state index contributed by atoms with van der Waals surface area (Å²) in [4.78, 5) is 18.9. The van der Waals surface area contributed by atoms with Gasteiger partial charge in [0.15, 0.2) is 11.5 Å². The van der Waals surface area contributed by atoms with Gasteiger partial charge in [0.05, 0.1) is 25.5 Å². The highest BCUT2D eigenvalue weighted by Gasteiger charge is 2.23. The first-order chi connectivity index (χ1) is 15.9. The lowest BCUT2D eigenvalue weighted by molar-refractivity contribution is 0.0944. The number of nitrogens with zero attached hydrogens (tertiary/aromatic N) is 6. The van der Waals surface area contributed by atoms with Crippen LogP contribution in [-0.4, -0.2) is 57.2 Å². The molecule has 0 unspecified atom stereocenters. The molecule has 0 spiro atoms. The predicted molar refractivity (Wildman–Crippen MR) is 123 cm³/mol. The van der Waals surface area contributed by atoms with Gasteiger partial charge in [0, 0.05) is 44.7 Å². The number of carbonyl (C=O) groups excluding carboxylic acids is 1. The number of amides is 1. The Balaban J connectivity index is 1.31. The lowest BCUT2D eigenvalue weighted by atomic mass is 10.1. The van der Waals surface area contributed by atoms with E-state index in [9.17, 15) is 4.79 Å². The van der Waals surface area contributed by atoms with Gasteiger partial charge >= 0.3 is 0 Å². The van der Waals surface area contributed by atoms with Crippen LogP contribution in [0, 0.1) is 13.8 Å². The van der Waals surface area contributed by atoms with Gasteiger partial charge in [-0.15, -0.1) is 10.2 Å². The minimum Gasteiger partial charge on any atom is -0.489 e. The lowest BCUT2D eigenvalue weighted by Gasteiger charge is -2.33. The molecule has 174 valence electrons. The van der Waals surface area contributed by atoms with Crippen LogP contribution in [0.2, 0.25) is 0 Å². The molecule has 1 N–H and O–H groups in total. The van der Waals surface area contributed by atoms with Crippen molar-refractivity contribution in [1.29, 1.82) is 0 Å². The zero-order valence-electron chi connectivity index (χ0n) is 19.4. The minimum absolute atomic E-state index is 0.116. The van der Waals surface area contributed by atoms with Crippen LogP contribution < -0.4 is 19.7 Å². The third-order valence-electron chi connectivity index (χ3n) is 5.75. The fourth-order valence-electron chi connectivity index (χ4n) is 3.82. The van der Waals surface area contributed by atoms with Crippen LogP contribution in [0.3, 0.4) is 0 Å². The molecule has 1 amide bonds. The van der Waals surface area contributed by atoms with Crippen LogP contribution in [0.25, 0.3) is 0 Å². The van der Waals surface area contributed by atoms with E-state index in [1.165, 1.54) is 0 Å². The van der Waals surface area contributed by atoms with Crippen LogP contribution in [0.15, 0.2) is 30.5 Å². The maximum atomic E-state index is 12.5. The second-order valence-corrected chi connectivity index (χ2v) is 8.16. The summed E-state index contributed by atoms with van der Waals surface area (Å²) in [5, 5.41) is 15.7. The van der Waals surface area contributed by atoms with Gasteiger partial charge in [-0.3, -0.25) is 9.48 Å². The molecular weight excluding hydrogens is 422 g/mol. The highest BCUT2D eigenvalue weighted by Crippen LogP contribution is 2.24. The molecule has 1 aliphatic rings. The largest absolute Gasteiger partial charge is 0.489 e. The number of pyridine rings is 1. The second kappa shape index (κ2) is 9.85. The molecule has 0 saturated carbocycles. The van der Waals surface area contributed by atoms with Crippen LogP contribution in [0.5, 0.6) is 11.6 Å². The number of hydrogen-bond acceptors (Lipinski definition) is 8. The van der Waals surface area contributed by atoms with Crippen LogP contribution in [0.4, 0.5) is 5.82 Å². The van der Waals surface area contributed by atoms with E-state index in [2.05, 4.69) is 30.5 Å². The molecular formula is C23H29N7O3. The summed E-state index contributed by atoms with van der Waals surface area (Å²) in [5.74, 6) is 1.84. The quantitative estimate of drug-likeness (QED) is 0.583. The van der Waals surface area contributed by atoms with E-state index < -0.39 is 0 Å². The van der Waals surface area contributed by atoms with Crippen molar-refractivity contribution in [2.75, 3.05) is 25.1 Å². The first-order valence-electron chi connectivity index (χ1n) is 11.0. The number of rotatable bonds is 7. The maximum absolute atomic E-state index is 12.5. The molecule has 10 nitrogen and oxygen atoms in total. The van der Waals surface area contributed by atoms with Crippen LogP contribution >= 0.6 is 0 Å². The van der Waals surface area contributed by atoms with Gasteiger partial charge in [0.25, 0.3) is 5.91 Å². The first-order valence-corrected chi connectivity index (χ1v) is 11.0. The van der Waals surface area contributed by atoms with Crippen molar-refractivity contribution in [1.82, 2.24) is 30.3 Å². The molecule has 1 saturated heterocycles. The molecule has 33 heavy (non-hydrogen) atoms. The number of nitrogens with one attached hydrogen (secondary N) is 1. The maximum Gasteiger partial charge on any atom is 0.272 e. The Morgan fingerprint density at radius 1 is 1.18 bits per heavy atom. The number of hydrogen-bond donors (Lipinski definition) is 1. The molecule has 1 aliphatic heterocycles. The van der Waals surface area contributed by atoms with Crippen molar-refractivity contribution in [3.8, 4) is 11.6 Å². The average molecular weight is 452 g/mol. The molecule has 4 rings (SSSR count). The lowest BCUT2D eigenvalue weighted by Crippen LogP contribution is -2.39. The summed E-state index contributed by atoms with van der Waals surface area (Å²) in [6.45, 7) is 5.87. The van der Waals surface area contributed by atoms with Gasteiger partial charge in [-0.25, -0.2) is 4.98 Å². The predicted octanol–water partition coefficient (Wildman–Crippen LogP) is 2.21. The number of methoxy groups -OCH3 is 1. The van der Waals surface area contributed by atoms with Gasteiger partial charge in [0.2, 0.25) is 5.88 Å². The zero-order valence-corrected chi connectivity index (χ0v) is 19.4. The molecule has 1 fully saturated rings. The molecule has 0 aromatic carbocycles. The number of aryl methyl sites for hydroxylation is 3. The molecule has 0 atom stereocenters. The Bertz CT molecular complexity index is 1090. The molecule has 0 radical (unpaired) electrons. The summed E-state index contributed by atoms with van der Waals surface area (Å²) in [6.07, 6.45) is 3.52. The Morgan fingerprint density at radius 2 is 1.97 bits per heavy atom. The first kappa shape index (κ1) is 22.5. The summed E-state index contributed by atoms with van der Waals surface area (Å²) in [5.41, 5.74) is 3.06. The minimum atomic E-state index is -0.263. The fraction of sp³-hybridized carbons (Fsp3) is 0.435. The van der Waals surface area contributed by atoms with Gasteiger partial charge in [-0.1, -0.05) is 0 Å². The van der Waals surface area contributed by atoms with Crippen molar-refractivity contribution < 1.29 is 14.3 Å². The summed E-state index contributed by atoms with van der Waals surface area (Å²) < 4.78 is 12.9. The fourth-order valence-corrected chi connectivity index (χ4v) is 3.82. The normalized spacial score (nSPS) is 14.2. The van der Waals surface area contributed by atoms with E-state index in [0.717, 1.165) is 54.4 Å². The number of aromatic nitrogens is 5. The van der Waals surface area contributed by atoms with Gasteiger partial charge in [0.1, 0.15) is 11.9 Å². The van der Waals surface area contributed by atoms with Crippen LogP contribution in [-0.2, 0) is 13.6 Å². The standard InChI is InChI=1S/C23H29N7O3/c1-15-11-20(23(31)25-13-17-12-16(2)29(3)28-17)26-27-22(15)30-9-7-18(8-10-30)33-19-5-6-21(32-4)24-14-19/h5-6,11-12,14,18H,7-10,13H2,1-4H3,(H,25,31). The van der Waals surface area contributed by atoms with E-state index >= 15 is 0 Å². The van der Waals surface area contributed by atoms with Crippen molar-refractivity contribution in [3.05, 3.63) is 53.1 Å². The number of ether oxygens (including phenoxy) is 2. The smallest absolute Gasteiger partial charge is 0.272 e. The number of piperidine rings is 1. The molecule has 3 aromatic heterocycles. The van der Waals surface area contributed by atoms with Crippen molar-refractivity contribution in [2.24, 2.45) is 7.05 Å². The van der Waals surface area contributed by atoms with Crippen LogP contribution in [0.1, 0.15) is 40.3 Å². The summed E-state index contributed by atoms with van der Waals surface area (Å²) >= 11 is 0. The van der Waals surface area contributed by atoms with Gasteiger partial charge < -0.3 is 19.7 Å². The summed E-state index contributed by atoms with van der Waals surface area (Å²) in [7, 11) is 3.46. The molecule has 4 heterocycles. The third kappa shape index (κ3) is 5.39. The van der Waals surface area contributed by atoms with Gasteiger partial charge in [-0.05, 0) is 37.6 Å². The van der Waals surface area contributed by atoms with E-state index in [4.69, 9.17) is 9.47 Å². The average Bonchev–Trinajstić information content (AvgIpc) is 3.15. The monoisotopic (exact) mass is 451 g/mol. The zero-order chi connectivity index (χ0) is 23.4. The van der Waals surface area contributed by atoms with Crippen molar-refractivity contribution in [3.63, 3.8) is 0 Å². The Hall–Kier alpha value is -3.69. The molecule has 0 bridgehead atoms. The van der Waals surface area contributed by atoms with Crippen molar-refractivity contribution >= 4 is 11.7 Å². The van der Waals surface area contributed by atoms with E-state index in [-0.39, 0.29) is 12.0 Å². The van der Waals surface area contributed by atoms with Gasteiger partial charge in [-0.2, -0.15) is 5.10 Å². The summed E-state index contributed by atoms with van der Waals surface area (Å²) in [6, 6.07) is 7.39. The Morgan fingerprint density at radius 3 is 2.58 bits per heavy atom. The second-order valence-electron chi connectivity index (χ2n) is 8.16. The molecule has 10 heteroatoms. The Kier molecular flexibility index (Phi) is 6.71. The Labute approximate surface area is 192 Å². The SMILES string of the molecule is COc1ccc(OC2CCN(c3nnc(C(=O)NCc4cc(C)n(C)n4)cc3C)CC2)cn1. The number of anilines is 1. The third-order valence-corrected chi connectivity index (χ3v) is 5.75. The topological polar surface area (TPSA) is 107 Å². The highest BCUT2D eigenvalue weighted by molar-refractivity contribution is 5.92. The number of carbonyl (C=O) groups is 1. The van der Waals surface area contributed by atoms with E-state index in [1.54, 1.807) is 30.1 Å². The highest BCUT2D eigenvalue weighted by atomic mass is 16.5. The van der Waals surface area contributed by atoms with E-state index in [1.807, 2.05) is 33.0 Å². The van der Waals surface area contributed by atoms with E-state index in [0.29, 0.717) is 18.1 Å². The molecule has 0 aliphatic carbocycles.